The molecule has 0 amide bonds. The van der Waals surface area contributed by atoms with Crippen LogP contribution in [-0.4, -0.2) is 46.2 Å². The molecule has 7 nitrogen and oxygen atoms in total. The van der Waals surface area contributed by atoms with Gasteiger partial charge in [-0.15, -0.1) is 10.2 Å². The van der Waals surface area contributed by atoms with Gasteiger partial charge in [0.1, 0.15) is 6.10 Å². The van der Waals surface area contributed by atoms with Gasteiger partial charge in [0.25, 0.3) is 0 Å². The number of aldehydes is 1. The lowest BCUT2D eigenvalue weighted by Crippen LogP contribution is -2.50. The highest BCUT2D eigenvalue weighted by molar-refractivity contribution is 6.29. The summed E-state index contributed by atoms with van der Waals surface area (Å²) in [5, 5.41) is 11.7. The molecule has 8 heteroatoms. The molecule has 4 rings (SSSR count). The molecule has 2 aliphatic rings. The van der Waals surface area contributed by atoms with Crippen LogP contribution in [0.2, 0.25) is 5.15 Å². The molecule has 1 N–H and O–H groups in total. The van der Waals surface area contributed by atoms with Crippen LogP contribution >= 0.6 is 11.6 Å². The highest BCUT2D eigenvalue weighted by Gasteiger charge is 2.46. The van der Waals surface area contributed by atoms with Gasteiger partial charge in [0.2, 0.25) is 5.88 Å². The lowest BCUT2D eigenvalue weighted by molar-refractivity contribution is 0.112. The van der Waals surface area contributed by atoms with E-state index in [0.29, 0.717) is 23.1 Å². The molecule has 4 heterocycles. The number of carbonyl (C=O) groups excluding carboxylic acids is 1. The summed E-state index contributed by atoms with van der Waals surface area (Å²) in [4.78, 5) is 17.4. The number of rotatable bonds is 3. The number of fused-ring (bicyclic) bond motifs is 3. The van der Waals surface area contributed by atoms with E-state index in [1.54, 1.807) is 6.07 Å². The van der Waals surface area contributed by atoms with Gasteiger partial charge in [-0.2, -0.15) is 0 Å². The Labute approximate surface area is 150 Å². The Morgan fingerprint density at radius 1 is 1.44 bits per heavy atom. The molecule has 0 bridgehead atoms. The summed E-state index contributed by atoms with van der Waals surface area (Å²) in [6, 6.07) is 3.62. The van der Waals surface area contributed by atoms with Crippen molar-refractivity contribution in [2.24, 2.45) is 0 Å². The third-order valence-corrected chi connectivity index (χ3v) is 5.03. The van der Waals surface area contributed by atoms with Crippen molar-refractivity contribution >= 4 is 29.4 Å². The van der Waals surface area contributed by atoms with Gasteiger partial charge < -0.3 is 15.0 Å². The minimum Gasteiger partial charge on any atom is -0.472 e. The van der Waals surface area contributed by atoms with Crippen LogP contribution in [-0.2, 0) is 0 Å². The third-order valence-electron chi connectivity index (χ3n) is 4.84. The van der Waals surface area contributed by atoms with Crippen LogP contribution < -0.4 is 15.0 Å². The van der Waals surface area contributed by atoms with Crippen molar-refractivity contribution in [1.82, 2.24) is 15.2 Å². The molecule has 2 aromatic heterocycles. The summed E-state index contributed by atoms with van der Waals surface area (Å²) in [6.07, 6.45) is 3.15. The topological polar surface area (TPSA) is 80.2 Å². The molecule has 0 unspecified atom stereocenters. The van der Waals surface area contributed by atoms with Gasteiger partial charge in [-0.1, -0.05) is 11.6 Å². The minimum absolute atomic E-state index is 0.0158. The largest absolute Gasteiger partial charge is 0.472 e. The first kappa shape index (κ1) is 16.1. The van der Waals surface area contributed by atoms with Crippen molar-refractivity contribution < 1.29 is 9.53 Å². The first-order valence-corrected chi connectivity index (χ1v) is 8.49. The molecule has 1 saturated heterocycles. The van der Waals surface area contributed by atoms with Crippen molar-refractivity contribution in [1.29, 1.82) is 0 Å². The number of aromatic nitrogens is 3. The van der Waals surface area contributed by atoms with Crippen molar-refractivity contribution in [2.75, 3.05) is 23.3 Å². The summed E-state index contributed by atoms with van der Waals surface area (Å²) >= 11 is 6.03. The van der Waals surface area contributed by atoms with Crippen molar-refractivity contribution in [3.8, 4) is 5.88 Å². The molecule has 0 radical (unpaired) electrons. The smallest absolute Gasteiger partial charge is 0.216 e. The summed E-state index contributed by atoms with van der Waals surface area (Å²) in [6.45, 7) is 5.55. The number of carbonyl (C=O) groups is 1. The number of hydrogen-bond acceptors (Lipinski definition) is 7. The van der Waals surface area contributed by atoms with Crippen LogP contribution in [0.25, 0.3) is 0 Å². The molecule has 0 spiro atoms. The van der Waals surface area contributed by atoms with Crippen LogP contribution in [0.3, 0.4) is 0 Å². The maximum absolute atomic E-state index is 10.9. The Kier molecular flexibility index (Phi) is 3.76. The molecule has 0 saturated carbocycles. The second kappa shape index (κ2) is 5.84. The van der Waals surface area contributed by atoms with E-state index < -0.39 is 0 Å². The Balaban J connectivity index is 1.59. The number of aryl methyl sites for hydroxylation is 1. The third kappa shape index (κ3) is 2.78. The zero-order valence-electron chi connectivity index (χ0n) is 14.0. The SMILES string of the molecule is Cc1cc(C=O)cnc1O[C@H]1CN2c3cc(Cl)nnc3NC[C@]2(C)C1. The number of anilines is 2. The van der Waals surface area contributed by atoms with E-state index in [0.717, 1.165) is 36.3 Å². The molecule has 25 heavy (non-hydrogen) atoms. The summed E-state index contributed by atoms with van der Waals surface area (Å²) in [5.41, 5.74) is 2.25. The van der Waals surface area contributed by atoms with Crippen LogP contribution in [0, 0.1) is 6.92 Å². The zero-order chi connectivity index (χ0) is 17.6. The number of nitrogens with one attached hydrogen (secondary N) is 1. The molecule has 0 aromatic carbocycles. The van der Waals surface area contributed by atoms with E-state index in [2.05, 4.69) is 32.3 Å². The number of nitrogens with zero attached hydrogens (tertiary/aromatic N) is 4. The van der Waals surface area contributed by atoms with E-state index in [1.807, 2.05) is 13.0 Å². The van der Waals surface area contributed by atoms with Gasteiger partial charge in [0, 0.05) is 36.4 Å². The minimum atomic E-state index is -0.0966. The summed E-state index contributed by atoms with van der Waals surface area (Å²) in [5.74, 6) is 1.31. The number of halogens is 1. The second-order valence-corrected chi connectivity index (χ2v) is 7.20. The first-order valence-electron chi connectivity index (χ1n) is 8.12. The fourth-order valence-corrected chi connectivity index (χ4v) is 3.76. The van der Waals surface area contributed by atoms with Gasteiger partial charge in [-0.05, 0) is 19.9 Å². The van der Waals surface area contributed by atoms with E-state index in [-0.39, 0.29) is 11.6 Å². The van der Waals surface area contributed by atoms with Crippen molar-refractivity contribution in [3.05, 3.63) is 34.6 Å². The molecule has 1 fully saturated rings. The predicted octanol–water partition coefficient (Wildman–Crippen LogP) is 2.49. The molecular formula is C17H18ClN5O2. The van der Waals surface area contributed by atoms with Crippen LogP contribution in [0.4, 0.5) is 11.5 Å². The monoisotopic (exact) mass is 359 g/mol. The quantitative estimate of drug-likeness (QED) is 0.843. The Hall–Kier alpha value is -2.41. The summed E-state index contributed by atoms with van der Waals surface area (Å²) < 4.78 is 6.14. The standard InChI is InChI=1S/C17H18ClN5O2/c1-10-3-11(8-24)6-19-16(10)25-12-5-17(2)9-20-15-13(23(17)7-12)4-14(18)21-22-15/h3-4,6,8,12H,5,7,9H2,1-2H3,(H,20,22)/t12-,17+/m1/s1. The second-order valence-electron chi connectivity index (χ2n) is 6.81. The summed E-state index contributed by atoms with van der Waals surface area (Å²) in [7, 11) is 0. The maximum atomic E-state index is 10.9. The zero-order valence-corrected chi connectivity index (χ0v) is 14.7. The highest BCUT2D eigenvalue weighted by atomic mass is 35.5. The lowest BCUT2D eigenvalue weighted by Gasteiger charge is -2.41. The molecule has 2 aliphatic heterocycles. The van der Waals surface area contributed by atoms with Crippen LogP contribution in [0.5, 0.6) is 5.88 Å². The molecule has 2 atom stereocenters. The maximum Gasteiger partial charge on any atom is 0.216 e. The normalized spacial score (nSPS) is 24.3. The highest BCUT2D eigenvalue weighted by Crippen LogP contribution is 2.42. The molecule has 0 aliphatic carbocycles. The molecule has 2 aromatic rings. The average Bonchev–Trinajstić information content (AvgIpc) is 2.93. The van der Waals surface area contributed by atoms with E-state index in [1.165, 1.54) is 6.20 Å². The van der Waals surface area contributed by atoms with Gasteiger partial charge in [0.15, 0.2) is 17.3 Å². The molecular weight excluding hydrogens is 342 g/mol. The lowest BCUT2D eigenvalue weighted by atomic mass is 9.96. The fraction of sp³-hybridized carbons (Fsp3) is 0.412. The van der Waals surface area contributed by atoms with Crippen LogP contribution in [0.1, 0.15) is 29.3 Å². The van der Waals surface area contributed by atoms with Gasteiger partial charge in [-0.25, -0.2) is 4.98 Å². The first-order chi connectivity index (χ1) is 12.0. The Morgan fingerprint density at radius 3 is 3.04 bits per heavy atom. The number of hydrogen-bond donors (Lipinski definition) is 1. The van der Waals surface area contributed by atoms with Crippen molar-refractivity contribution in [2.45, 2.75) is 31.9 Å². The number of pyridine rings is 1. The van der Waals surface area contributed by atoms with E-state index in [9.17, 15) is 4.79 Å². The van der Waals surface area contributed by atoms with E-state index >= 15 is 0 Å². The van der Waals surface area contributed by atoms with Crippen LogP contribution in [0.15, 0.2) is 18.3 Å². The predicted molar refractivity (Wildman–Crippen MR) is 94.7 cm³/mol. The fourth-order valence-electron chi connectivity index (χ4n) is 3.62. The average molecular weight is 360 g/mol. The van der Waals surface area contributed by atoms with Gasteiger partial charge >= 0.3 is 0 Å². The van der Waals surface area contributed by atoms with Crippen molar-refractivity contribution in [3.63, 3.8) is 0 Å². The van der Waals surface area contributed by atoms with Gasteiger partial charge in [0.05, 0.1) is 17.8 Å². The Bertz CT molecular complexity index is 846. The Morgan fingerprint density at radius 2 is 2.28 bits per heavy atom. The number of ether oxygens (including phenoxy) is 1. The molecule has 130 valence electrons. The van der Waals surface area contributed by atoms with E-state index in [4.69, 9.17) is 16.3 Å². The van der Waals surface area contributed by atoms with Gasteiger partial charge in [-0.3, -0.25) is 4.79 Å².